The monoisotopic (exact) mass is 218 g/mol. The molecule has 0 fully saturated rings. The molecule has 0 radical (unpaired) electrons. The molecule has 1 atom stereocenters. The number of hydrogen-bond donors (Lipinski definition) is 1. The molecule has 1 aliphatic rings. The molecule has 2 heteroatoms. The molecule has 0 aliphatic carbocycles. The van der Waals surface area contributed by atoms with Crippen molar-refractivity contribution in [3.05, 3.63) is 42.0 Å². The Morgan fingerprint density at radius 1 is 1.50 bits per heavy atom. The van der Waals surface area contributed by atoms with Gasteiger partial charge in [-0.1, -0.05) is 12.1 Å². The van der Waals surface area contributed by atoms with Crippen LogP contribution in [0.1, 0.15) is 37.5 Å². The minimum atomic E-state index is -0.583. The Balaban J connectivity index is 2.31. The van der Waals surface area contributed by atoms with Gasteiger partial charge in [-0.15, -0.1) is 6.58 Å². The minimum Gasteiger partial charge on any atom is -0.488 e. The number of aliphatic hydroxyl groups excluding tert-OH is 1. The van der Waals surface area contributed by atoms with E-state index in [0.717, 1.165) is 24.2 Å². The van der Waals surface area contributed by atoms with Crippen molar-refractivity contribution in [1.29, 1.82) is 0 Å². The molecule has 2 nitrogen and oxygen atoms in total. The molecule has 1 aromatic carbocycles. The number of benzene rings is 1. The molecule has 1 aromatic rings. The van der Waals surface area contributed by atoms with Crippen LogP contribution < -0.4 is 4.74 Å². The van der Waals surface area contributed by atoms with E-state index in [9.17, 15) is 5.11 Å². The van der Waals surface area contributed by atoms with Gasteiger partial charge >= 0.3 is 0 Å². The second-order valence-corrected chi connectivity index (χ2v) is 4.91. The molecular weight excluding hydrogens is 200 g/mol. The standard InChI is InChI=1S/C14H18O2/c1-4-12(15)10-5-6-13-11(9-10)7-8-14(2,3)16-13/h4-6,9,12,15H,1,7-8H2,2-3H3. The molecule has 1 N–H and O–H groups in total. The number of aryl methyl sites for hydroxylation is 1. The van der Waals surface area contributed by atoms with Crippen LogP contribution in [0.3, 0.4) is 0 Å². The van der Waals surface area contributed by atoms with E-state index in [1.165, 1.54) is 11.6 Å². The average Bonchev–Trinajstić information content (AvgIpc) is 2.26. The average molecular weight is 218 g/mol. The molecule has 2 rings (SSSR count). The summed E-state index contributed by atoms with van der Waals surface area (Å²) in [6.45, 7) is 7.79. The number of ether oxygens (including phenoxy) is 1. The van der Waals surface area contributed by atoms with Crippen LogP contribution in [0.25, 0.3) is 0 Å². The summed E-state index contributed by atoms with van der Waals surface area (Å²) in [5, 5.41) is 9.67. The lowest BCUT2D eigenvalue weighted by Gasteiger charge is -2.32. The van der Waals surface area contributed by atoms with Crippen molar-refractivity contribution in [3.63, 3.8) is 0 Å². The SMILES string of the molecule is C=CC(O)c1ccc2c(c1)CCC(C)(C)O2. The Hall–Kier alpha value is -1.28. The third-order valence-electron chi connectivity index (χ3n) is 3.03. The van der Waals surface area contributed by atoms with Crippen molar-refractivity contribution in [2.45, 2.75) is 38.4 Å². The molecule has 0 saturated heterocycles. The molecule has 0 amide bonds. The van der Waals surface area contributed by atoms with Crippen molar-refractivity contribution in [2.24, 2.45) is 0 Å². The summed E-state index contributed by atoms with van der Waals surface area (Å²) in [6, 6.07) is 5.85. The molecule has 1 aliphatic heterocycles. The van der Waals surface area contributed by atoms with Gasteiger partial charge in [-0.25, -0.2) is 0 Å². The van der Waals surface area contributed by atoms with E-state index in [4.69, 9.17) is 4.74 Å². The molecular formula is C14H18O2. The second kappa shape index (κ2) is 3.95. The smallest absolute Gasteiger partial charge is 0.123 e. The number of fused-ring (bicyclic) bond motifs is 1. The van der Waals surface area contributed by atoms with Crippen molar-refractivity contribution < 1.29 is 9.84 Å². The van der Waals surface area contributed by atoms with E-state index in [2.05, 4.69) is 20.4 Å². The van der Waals surface area contributed by atoms with Crippen LogP contribution in [0.5, 0.6) is 5.75 Å². The summed E-state index contributed by atoms with van der Waals surface area (Å²) in [6.07, 6.45) is 2.96. The van der Waals surface area contributed by atoms with Gasteiger partial charge in [0.15, 0.2) is 0 Å². The first-order valence-electron chi connectivity index (χ1n) is 5.64. The third kappa shape index (κ3) is 2.12. The highest BCUT2D eigenvalue weighted by Gasteiger charge is 2.26. The van der Waals surface area contributed by atoms with Crippen LogP contribution in [0.2, 0.25) is 0 Å². The molecule has 1 heterocycles. The predicted molar refractivity (Wildman–Crippen MR) is 64.6 cm³/mol. The van der Waals surface area contributed by atoms with Crippen LogP contribution in [0, 0.1) is 0 Å². The summed E-state index contributed by atoms with van der Waals surface area (Å²) < 4.78 is 5.88. The normalized spacial score (nSPS) is 19.4. The molecule has 1 unspecified atom stereocenters. The Morgan fingerprint density at radius 2 is 2.25 bits per heavy atom. The lowest BCUT2D eigenvalue weighted by Crippen LogP contribution is -2.32. The maximum Gasteiger partial charge on any atom is 0.123 e. The molecule has 0 bridgehead atoms. The first-order chi connectivity index (χ1) is 7.52. The van der Waals surface area contributed by atoms with E-state index >= 15 is 0 Å². The minimum absolute atomic E-state index is 0.0778. The maximum absolute atomic E-state index is 9.67. The second-order valence-electron chi connectivity index (χ2n) is 4.91. The van der Waals surface area contributed by atoms with Crippen LogP contribution in [-0.2, 0) is 6.42 Å². The Morgan fingerprint density at radius 3 is 2.94 bits per heavy atom. The quantitative estimate of drug-likeness (QED) is 0.773. The van der Waals surface area contributed by atoms with Crippen molar-refractivity contribution in [2.75, 3.05) is 0 Å². The van der Waals surface area contributed by atoms with Gasteiger partial charge in [-0.05, 0) is 49.9 Å². The summed E-state index contributed by atoms with van der Waals surface area (Å²) >= 11 is 0. The van der Waals surface area contributed by atoms with E-state index in [-0.39, 0.29) is 5.60 Å². The number of hydrogen-bond acceptors (Lipinski definition) is 2. The van der Waals surface area contributed by atoms with Crippen molar-refractivity contribution >= 4 is 0 Å². The highest BCUT2D eigenvalue weighted by atomic mass is 16.5. The number of aliphatic hydroxyl groups is 1. The topological polar surface area (TPSA) is 29.5 Å². The van der Waals surface area contributed by atoms with Crippen LogP contribution in [-0.4, -0.2) is 10.7 Å². The van der Waals surface area contributed by atoms with Gasteiger partial charge < -0.3 is 9.84 Å². The highest BCUT2D eigenvalue weighted by molar-refractivity contribution is 5.40. The third-order valence-corrected chi connectivity index (χ3v) is 3.03. The Bertz CT molecular complexity index is 407. The van der Waals surface area contributed by atoms with Gasteiger partial charge in [0, 0.05) is 0 Å². The molecule has 0 saturated carbocycles. The molecule has 0 aromatic heterocycles. The fourth-order valence-electron chi connectivity index (χ4n) is 2.00. The van der Waals surface area contributed by atoms with Crippen molar-refractivity contribution in [1.82, 2.24) is 0 Å². The summed E-state index contributed by atoms with van der Waals surface area (Å²) in [5.41, 5.74) is 1.99. The van der Waals surface area contributed by atoms with Gasteiger partial charge in [0.05, 0.1) is 6.10 Å². The Kier molecular flexibility index (Phi) is 2.76. The lowest BCUT2D eigenvalue weighted by molar-refractivity contribution is 0.0845. The maximum atomic E-state index is 9.67. The van der Waals surface area contributed by atoms with E-state index in [1.54, 1.807) is 0 Å². The predicted octanol–water partition coefficient (Wildman–Crippen LogP) is 3.01. The van der Waals surface area contributed by atoms with Crippen LogP contribution >= 0.6 is 0 Å². The van der Waals surface area contributed by atoms with Gasteiger partial charge in [0.1, 0.15) is 11.4 Å². The van der Waals surface area contributed by atoms with E-state index in [0.29, 0.717) is 0 Å². The van der Waals surface area contributed by atoms with Gasteiger partial charge in [0.2, 0.25) is 0 Å². The first-order valence-corrected chi connectivity index (χ1v) is 5.64. The highest BCUT2D eigenvalue weighted by Crippen LogP contribution is 2.34. The zero-order valence-corrected chi connectivity index (χ0v) is 9.86. The summed E-state index contributed by atoms with van der Waals surface area (Å²) in [5.74, 6) is 0.941. The van der Waals surface area contributed by atoms with Gasteiger partial charge in [-0.3, -0.25) is 0 Å². The Labute approximate surface area is 96.6 Å². The van der Waals surface area contributed by atoms with Crippen molar-refractivity contribution in [3.8, 4) is 5.75 Å². The fraction of sp³-hybridized carbons (Fsp3) is 0.429. The summed E-state index contributed by atoms with van der Waals surface area (Å²) in [4.78, 5) is 0. The van der Waals surface area contributed by atoms with Gasteiger partial charge in [-0.2, -0.15) is 0 Å². The summed E-state index contributed by atoms with van der Waals surface area (Å²) in [7, 11) is 0. The fourth-order valence-corrected chi connectivity index (χ4v) is 2.00. The number of rotatable bonds is 2. The first kappa shape index (κ1) is 11.2. The van der Waals surface area contributed by atoms with Crippen LogP contribution in [0.15, 0.2) is 30.9 Å². The largest absolute Gasteiger partial charge is 0.488 e. The molecule has 0 spiro atoms. The lowest BCUT2D eigenvalue weighted by atomic mass is 9.92. The molecule has 86 valence electrons. The molecule has 16 heavy (non-hydrogen) atoms. The van der Waals surface area contributed by atoms with Gasteiger partial charge in [0.25, 0.3) is 0 Å². The van der Waals surface area contributed by atoms with E-state index in [1.807, 2.05) is 18.2 Å². The van der Waals surface area contributed by atoms with Crippen LogP contribution in [0.4, 0.5) is 0 Å². The van der Waals surface area contributed by atoms with E-state index < -0.39 is 6.10 Å². The zero-order chi connectivity index (χ0) is 11.8. The zero-order valence-electron chi connectivity index (χ0n) is 9.86.